The predicted molar refractivity (Wildman–Crippen MR) is 115 cm³/mol. The van der Waals surface area contributed by atoms with Crippen LogP contribution in [-0.2, 0) is 16.0 Å². The molecule has 2 aromatic rings. The summed E-state index contributed by atoms with van der Waals surface area (Å²) < 4.78 is 12.3. The van der Waals surface area contributed by atoms with Crippen molar-refractivity contribution >= 4 is 35.1 Å². The smallest absolute Gasteiger partial charge is 0.310 e. The molecule has 0 atom stereocenters. The van der Waals surface area contributed by atoms with Gasteiger partial charge in [0, 0.05) is 4.24 Å². The first kappa shape index (κ1) is 19.9. The third kappa shape index (κ3) is 5.81. The van der Waals surface area contributed by atoms with Crippen LogP contribution in [0, 0.1) is 0 Å². The van der Waals surface area contributed by atoms with Crippen LogP contribution >= 0.6 is 23.5 Å². The van der Waals surface area contributed by atoms with Gasteiger partial charge in [-0.2, -0.15) is 0 Å². The van der Waals surface area contributed by atoms with Gasteiger partial charge < -0.3 is 9.47 Å². The van der Waals surface area contributed by atoms with Gasteiger partial charge in [0.05, 0.1) is 13.0 Å². The molecule has 0 bridgehead atoms. The Hall–Kier alpha value is -1.85. The molecule has 27 heavy (non-hydrogen) atoms. The summed E-state index contributed by atoms with van der Waals surface area (Å²) in [6.45, 7) is 4.41. The van der Waals surface area contributed by atoms with Gasteiger partial charge in [0.25, 0.3) is 0 Å². The Bertz CT molecular complexity index is 787. The Labute approximate surface area is 169 Å². The molecule has 0 aromatic heterocycles. The summed E-state index contributed by atoms with van der Waals surface area (Å²) in [6.07, 6.45) is 1.57. The van der Waals surface area contributed by atoms with E-state index in [1.54, 1.807) is 0 Å². The van der Waals surface area contributed by atoms with Crippen molar-refractivity contribution in [2.45, 2.75) is 26.7 Å². The Morgan fingerprint density at radius 1 is 0.963 bits per heavy atom. The lowest BCUT2D eigenvalue weighted by Gasteiger charge is -2.16. The summed E-state index contributed by atoms with van der Waals surface area (Å²) in [4.78, 5) is 11.5. The van der Waals surface area contributed by atoms with Gasteiger partial charge in [-0.05, 0) is 72.7 Å². The summed E-state index contributed by atoms with van der Waals surface area (Å²) in [7, 11) is 0. The van der Waals surface area contributed by atoms with Crippen molar-refractivity contribution in [1.29, 1.82) is 0 Å². The lowest BCUT2D eigenvalue weighted by Crippen LogP contribution is -2.07. The Kier molecular flexibility index (Phi) is 7.30. The lowest BCUT2D eigenvalue weighted by molar-refractivity contribution is -0.142. The first-order valence-electron chi connectivity index (χ1n) is 9.15. The number of hydrogen-bond acceptors (Lipinski definition) is 5. The van der Waals surface area contributed by atoms with Crippen molar-refractivity contribution in [2.24, 2.45) is 0 Å². The molecule has 1 aliphatic heterocycles. The molecule has 0 saturated carbocycles. The molecule has 5 heteroatoms. The quantitative estimate of drug-likeness (QED) is 0.544. The zero-order valence-corrected chi connectivity index (χ0v) is 17.3. The van der Waals surface area contributed by atoms with Crippen LogP contribution in [0.3, 0.4) is 0 Å². The number of carbonyl (C=O) groups excluding carboxylic acids is 1. The topological polar surface area (TPSA) is 35.5 Å². The summed E-state index contributed by atoms with van der Waals surface area (Å²) in [5, 5.41) is 0. The summed E-state index contributed by atoms with van der Waals surface area (Å²) in [6, 6.07) is 15.8. The number of allylic oxidation sites excluding steroid dienone is 1. The average molecular weight is 401 g/mol. The van der Waals surface area contributed by atoms with Gasteiger partial charge in [-0.15, -0.1) is 23.5 Å². The number of benzene rings is 2. The zero-order chi connectivity index (χ0) is 19.1. The minimum absolute atomic E-state index is 0.208. The fourth-order valence-corrected chi connectivity index (χ4v) is 5.36. The highest BCUT2D eigenvalue weighted by Gasteiger charge is 2.11. The number of rotatable bonds is 6. The van der Waals surface area contributed by atoms with E-state index in [4.69, 9.17) is 9.47 Å². The molecule has 1 saturated heterocycles. The molecule has 0 unspecified atom stereocenters. The molecule has 142 valence electrons. The fourth-order valence-electron chi connectivity index (χ4n) is 2.73. The summed E-state index contributed by atoms with van der Waals surface area (Å²) >= 11 is 3.92. The maximum Gasteiger partial charge on any atom is 0.310 e. The first-order valence-corrected chi connectivity index (χ1v) is 11.1. The molecule has 1 fully saturated rings. The molecule has 3 rings (SSSR count). The van der Waals surface area contributed by atoms with Gasteiger partial charge in [0.15, 0.2) is 0 Å². The van der Waals surface area contributed by atoms with Crippen LogP contribution in [-0.4, -0.2) is 24.1 Å². The molecule has 3 nitrogen and oxygen atoms in total. The van der Waals surface area contributed by atoms with Gasteiger partial charge >= 0.3 is 5.97 Å². The summed E-state index contributed by atoms with van der Waals surface area (Å²) in [5.74, 6) is 3.78. The van der Waals surface area contributed by atoms with E-state index in [0.29, 0.717) is 6.61 Å². The van der Waals surface area contributed by atoms with Crippen molar-refractivity contribution in [3.8, 4) is 11.5 Å². The standard InChI is InChI=1S/C22H24O3S2/c1-3-24-21(23)15-17-5-9-19(10-6-17)25-20-11-7-18(8-12-20)16(2)22-26-13-4-14-27-22/h5-12H,3-4,13-15H2,1-2H3. The van der Waals surface area contributed by atoms with Crippen LogP contribution < -0.4 is 4.74 Å². The summed E-state index contributed by atoms with van der Waals surface area (Å²) in [5.41, 5.74) is 3.50. The molecular weight excluding hydrogens is 376 g/mol. The lowest BCUT2D eigenvalue weighted by atomic mass is 10.1. The highest BCUT2D eigenvalue weighted by Crippen LogP contribution is 2.40. The largest absolute Gasteiger partial charge is 0.466 e. The number of carbonyl (C=O) groups is 1. The van der Waals surface area contributed by atoms with Gasteiger partial charge in [-0.1, -0.05) is 24.3 Å². The molecule has 0 amide bonds. The Balaban J connectivity index is 1.62. The Morgan fingerprint density at radius 3 is 2.15 bits per heavy atom. The third-order valence-electron chi connectivity index (χ3n) is 4.16. The molecular formula is C22H24O3S2. The normalized spacial score (nSPS) is 13.9. The van der Waals surface area contributed by atoms with Gasteiger partial charge in [0.1, 0.15) is 11.5 Å². The van der Waals surface area contributed by atoms with Crippen LogP contribution in [0.2, 0.25) is 0 Å². The van der Waals surface area contributed by atoms with Gasteiger partial charge in [-0.3, -0.25) is 4.79 Å². The van der Waals surface area contributed by atoms with Crippen molar-refractivity contribution in [3.63, 3.8) is 0 Å². The van der Waals surface area contributed by atoms with Crippen molar-refractivity contribution in [2.75, 3.05) is 18.1 Å². The van der Waals surface area contributed by atoms with Crippen molar-refractivity contribution < 1.29 is 14.3 Å². The van der Waals surface area contributed by atoms with E-state index in [9.17, 15) is 4.79 Å². The van der Waals surface area contributed by atoms with Gasteiger partial charge in [0.2, 0.25) is 0 Å². The Morgan fingerprint density at radius 2 is 1.56 bits per heavy atom. The van der Waals surface area contributed by atoms with Crippen LogP contribution in [0.1, 0.15) is 31.4 Å². The van der Waals surface area contributed by atoms with Crippen molar-refractivity contribution in [1.82, 2.24) is 0 Å². The van der Waals surface area contributed by atoms with Crippen LogP contribution in [0.4, 0.5) is 0 Å². The highest BCUT2D eigenvalue weighted by atomic mass is 32.2. The molecule has 0 aliphatic carbocycles. The zero-order valence-electron chi connectivity index (χ0n) is 15.7. The maximum absolute atomic E-state index is 11.5. The van der Waals surface area contributed by atoms with E-state index in [-0.39, 0.29) is 12.4 Å². The van der Waals surface area contributed by atoms with Gasteiger partial charge in [-0.25, -0.2) is 0 Å². The SMILES string of the molecule is CCOC(=O)Cc1ccc(Oc2ccc(C(C)=C3SCCCS3)cc2)cc1. The molecule has 0 radical (unpaired) electrons. The molecule has 1 heterocycles. The maximum atomic E-state index is 11.5. The minimum atomic E-state index is -0.208. The monoisotopic (exact) mass is 400 g/mol. The van der Waals surface area contributed by atoms with E-state index in [0.717, 1.165) is 17.1 Å². The molecule has 0 N–H and O–H groups in total. The predicted octanol–water partition coefficient (Wildman–Crippen LogP) is 6.14. The number of esters is 1. The minimum Gasteiger partial charge on any atom is -0.466 e. The van der Waals surface area contributed by atoms with E-state index in [2.05, 4.69) is 19.1 Å². The third-order valence-corrected chi connectivity index (χ3v) is 6.99. The fraction of sp³-hybridized carbons (Fsp3) is 0.318. The first-order chi connectivity index (χ1) is 13.2. The molecule has 2 aromatic carbocycles. The second-order valence-corrected chi connectivity index (χ2v) is 8.68. The average Bonchev–Trinajstić information content (AvgIpc) is 2.70. The van der Waals surface area contributed by atoms with Crippen molar-refractivity contribution in [3.05, 3.63) is 63.9 Å². The molecule has 1 aliphatic rings. The second kappa shape index (κ2) is 9.90. The number of hydrogen-bond donors (Lipinski definition) is 0. The van der Waals surface area contributed by atoms with E-state index < -0.39 is 0 Å². The van der Waals surface area contributed by atoms with Crippen LogP contribution in [0.5, 0.6) is 11.5 Å². The second-order valence-electron chi connectivity index (χ2n) is 6.22. The number of thioether (sulfide) groups is 2. The van der Waals surface area contributed by atoms with Crippen LogP contribution in [0.15, 0.2) is 52.8 Å². The van der Waals surface area contributed by atoms with E-state index in [1.807, 2.05) is 66.8 Å². The number of ether oxygens (including phenoxy) is 2. The highest BCUT2D eigenvalue weighted by molar-refractivity contribution is 8.23. The molecule has 0 spiro atoms. The van der Waals surface area contributed by atoms with E-state index >= 15 is 0 Å². The van der Waals surface area contributed by atoms with Crippen LogP contribution in [0.25, 0.3) is 5.57 Å². The van der Waals surface area contributed by atoms with E-state index in [1.165, 1.54) is 33.3 Å².